The van der Waals surface area contributed by atoms with Gasteiger partial charge < -0.3 is 16.0 Å². The van der Waals surface area contributed by atoms with Gasteiger partial charge in [0.2, 0.25) is 5.91 Å². The Bertz CT molecular complexity index is 1310. The van der Waals surface area contributed by atoms with E-state index in [2.05, 4.69) is 30.7 Å². The van der Waals surface area contributed by atoms with Crippen molar-refractivity contribution in [2.75, 3.05) is 13.1 Å². The SMILES string of the molecule is CCn1nc(C)cc1-c1nnc(-c2cc(C(N)=O)cc3c2cnn3CCCC2CCNCC2)[nH]1. The monoisotopic (exact) mass is 461 g/mol. The number of aryl methyl sites for hydroxylation is 3. The number of nitrogens with two attached hydrogens (primary N) is 1. The van der Waals surface area contributed by atoms with E-state index in [1.54, 1.807) is 6.07 Å². The minimum atomic E-state index is -0.481. The third-order valence-electron chi connectivity index (χ3n) is 6.67. The zero-order valence-corrected chi connectivity index (χ0v) is 19.7. The fraction of sp³-hybridized carbons (Fsp3) is 0.458. The van der Waals surface area contributed by atoms with Crippen LogP contribution in [0.3, 0.4) is 0 Å². The zero-order valence-electron chi connectivity index (χ0n) is 19.7. The molecule has 1 aliphatic heterocycles. The van der Waals surface area contributed by atoms with E-state index in [-0.39, 0.29) is 0 Å². The lowest BCUT2D eigenvalue weighted by Gasteiger charge is -2.22. The van der Waals surface area contributed by atoms with E-state index in [4.69, 9.17) is 5.73 Å². The number of aromatic nitrogens is 7. The molecule has 0 unspecified atom stereocenters. The van der Waals surface area contributed by atoms with Crippen LogP contribution in [-0.4, -0.2) is 53.7 Å². The number of carbonyl (C=O) groups is 1. The summed E-state index contributed by atoms with van der Waals surface area (Å²) < 4.78 is 3.86. The molecule has 178 valence electrons. The Morgan fingerprint density at radius 3 is 2.71 bits per heavy atom. The Morgan fingerprint density at radius 2 is 1.94 bits per heavy atom. The molecule has 1 amide bonds. The van der Waals surface area contributed by atoms with Crippen LogP contribution >= 0.6 is 0 Å². The normalized spacial score (nSPS) is 14.8. The molecular formula is C24H31N9O. The van der Waals surface area contributed by atoms with Gasteiger partial charge in [0.25, 0.3) is 0 Å². The van der Waals surface area contributed by atoms with E-state index in [1.165, 1.54) is 19.3 Å². The van der Waals surface area contributed by atoms with Crippen molar-refractivity contribution in [2.45, 2.75) is 52.6 Å². The highest BCUT2D eigenvalue weighted by Gasteiger charge is 2.19. The lowest BCUT2D eigenvalue weighted by Crippen LogP contribution is -2.27. The molecular weight excluding hydrogens is 430 g/mol. The van der Waals surface area contributed by atoms with Gasteiger partial charge in [0.05, 0.1) is 17.4 Å². The highest BCUT2D eigenvalue weighted by Crippen LogP contribution is 2.30. The predicted molar refractivity (Wildman–Crippen MR) is 130 cm³/mol. The van der Waals surface area contributed by atoms with Gasteiger partial charge in [0.15, 0.2) is 11.6 Å². The molecule has 0 bridgehead atoms. The fourth-order valence-corrected chi connectivity index (χ4v) is 4.87. The van der Waals surface area contributed by atoms with Gasteiger partial charge in [-0.3, -0.25) is 14.2 Å². The lowest BCUT2D eigenvalue weighted by molar-refractivity contribution is 0.100. The molecule has 0 saturated carbocycles. The Kier molecular flexibility index (Phi) is 6.14. The highest BCUT2D eigenvalue weighted by molar-refractivity contribution is 6.02. The van der Waals surface area contributed by atoms with Gasteiger partial charge in [0.1, 0.15) is 5.69 Å². The number of carbonyl (C=O) groups excluding carboxylic acids is 1. The van der Waals surface area contributed by atoms with Crippen molar-refractivity contribution in [1.82, 2.24) is 40.1 Å². The maximum atomic E-state index is 12.1. The first-order valence-electron chi connectivity index (χ1n) is 12.0. The second-order valence-electron chi connectivity index (χ2n) is 9.03. The van der Waals surface area contributed by atoms with Gasteiger partial charge >= 0.3 is 0 Å². The van der Waals surface area contributed by atoms with Crippen molar-refractivity contribution in [1.29, 1.82) is 0 Å². The van der Waals surface area contributed by atoms with Crippen LogP contribution in [0.25, 0.3) is 33.8 Å². The molecule has 10 nitrogen and oxygen atoms in total. The molecule has 4 heterocycles. The number of nitrogens with one attached hydrogen (secondary N) is 2. The van der Waals surface area contributed by atoms with Crippen LogP contribution < -0.4 is 11.1 Å². The van der Waals surface area contributed by atoms with Crippen LogP contribution in [0, 0.1) is 12.8 Å². The van der Waals surface area contributed by atoms with Crippen LogP contribution in [0.15, 0.2) is 24.4 Å². The summed E-state index contributed by atoms with van der Waals surface area (Å²) in [7, 11) is 0. The smallest absolute Gasteiger partial charge is 0.248 e. The summed E-state index contributed by atoms with van der Waals surface area (Å²) >= 11 is 0. The number of piperidine rings is 1. The Labute approximate surface area is 197 Å². The summed E-state index contributed by atoms with van der Waals surface area (Å²) in [6.07, 6.45) is 6.54. The van der Waals surface area contributed by atoms with E-state index < -0.39 is 5.91 Å². The first kappa shape index (κ1) is 22.3. The third-order valence-corrected chi connectivity index (χ3v) is 6.67. The molecule has 1 fully saturated rings. The number of hydrogen-bond acceptors (Lipinski definition) is 6. The van der Waals surface area contributed by atoms with E-state index >= 15 is 0 Å². The molecule has 0 radical (unpaired) electrons. The topological polar surface area (TPSA) is 132 Å². The number of H-pyrrole nitrogens is 1. The number of hydrogen-bond donors (Lipinski definition) is 3. The van der Waals surface area contributed by atoms with E-state index in [1.807, 2.05) is 41.5 Å². The average Bonchev–Trinajstić information content (AvgIpc) is 3.57. The maximum Gasteiger partial charge on any atom is 0.248 e. The molecule has 0 aliphatic carbocycles. The number of nitrogens with zero attached hydrogens (tertiary/aromatic N) is 6. The number of aromatic amines is 1. The van der Waals surface area contributed by atoms with Gasteiger partial charge in [0, 0.05) is 29.6 Å². The fourth-order valence-electron chi connectivity index (χ4n) is 4.87. The van der Waals surface area contributed by atoms with Crippen LogP contribution in [0.2, 0.25) is 0 Å². The third kappa shape index (κ3) is 4.33. The maximum absolute atomic E-state index is 12.1. The summed E-state index contributed by atoms with van der Waals surface area (Å²) in [5.74, 6) is 1.49. The lowest BCUT2D eigenvalue weighted by atomic mass is 9.93. The van der Waals surface area contributed by atoms with Crippen molar-refractivity contribution < 1.29 is 4.79 Å². The summed E-state index contributed by atoms with van der Waals surface area (Å²) in [5.41, 5.74) is 9.52. The van der Waals surface area contributed by atoms with Gasteiger partial charge in [-0.15, -0.1) is 10.2 Å². The van der Waals surface area contributed by atoms with Crippen molar-refractivity contribution >= 4 is 16.8 Å². The predicted octanol–water partition coefficient (Wildman–Crippen LogP) is 2.89. The number of benzene rings is 1. The van der Waals surface area contributed by atoms with Crippen LogP contribution in [0.5, 0.6) is 0 Å². The second kappa shape index (κ2) is 9.38. The van der Waals surface area contributed by atoms with Gasteiger partial charge in [-0.1, -0.05) is 0 Å². The molecule has 0 spiro atoms. The highest BCUT2D eigenvalue weighted by atomic mass is 16.1. The molecule has 3 aromatic heterocycles. The summed E-state index contributed by atoms with van der Waals surface area (Å²) in [6.45, 7) is 7.73. The van der Waals surface area contributed by atoms with Crippen molar-refractivity contribution in [3.8, 4) is 22.9 Å². The standard InChI is InChI=1S/C24H31N9O/c1-3-32-21(11-15(2)31-32)24-28-23(29-30-24)18-12-17(22(25)34)13-20-19(18)14-27-33(20)10-4-5-16-6-8-26-9-7-16/h11-14,16,26H,3-10H2,1-2H3,(H2,25,34)(H,28,29,30). The zero-order chi connectivity index (χ0) is 23.7. The number of primary amides is 1. The van der Waals surface area contributed by atoms with Gasteiger partial charge in [-0.05, 0) is 76.7 Å². The minimum absolute atomic E-state index is 0.426. The van der Waals surface area contributed by atoms with Gasteiger partial charge in [-0.25, -0.2) is 0 Å². The van der Waals surface area contributed by atoms with Gasteiger partial charge in [-0.2, -0.15) is 10.2 Å². The van der Waals surface area contributed by atoms with E-state index in [0.29, 0.717) is 17.2 Å². The largest absolute Gasteiger partial charge is 0.366 e. The molecule has 4 aromatic rings. The van der Waals surface area contributed by atoms with Crippen LogP contribution in [-0.2, 0) is 13.1 Å². The first-order chi connectivity index (χ1) is 16.5. The Morgan fingerprint density at radius 1 is 1.15 bits per heavy atom. The summed E-state index contributed by atoms with van der Waals surface area (Å²) in [6, 6.07) is 5.56. The second-order valence-corrected chi connectivity index (χ2v) is 9.03. The number of rotatable bonds is 8. The quantitative estimate of drug-likeness (QED) is 0.370. The molecule has 5 rings (SSSR count). The van der Waals surface area contributed by atoms with Crippen LogP contribution in [0.1, 0.15) is 48.7 Å². The van der Waals surface area contributed by atoms with Crippen molar-refractivity contribution in [2.24, 2.45) is 11.7 Å². The molecule has 10 heteroatoms. The van der Waals surface area contributed by atoms with E-state index in [9.17, 15) is 4.79 Å². The Balaban J connectivity index is 1.46. The summed E-state index contributed by atoms with van der Waals surface area (Å²) in [4.78, 5) is 15.4. The molecule has 0 atom stereocenters. The number of fused-ring (bicyclic) bond motifs is 1. The van der Waals surface area contributed by atoms with Crippen molar-refractivity contribution in [3.05, 3.63) is 35.7 Å². The molecule has 4 N–H and O–H groups in total. The van der Waals surface area contributed by atoms with Crippen molar-refractivity contribution in [3.63, 3.8) is 0 Å². The first-order valence-corrected chi connectivity index (χ1v) is 12.0. The number of amides is 1. The van der Waals surface area contributed by atoms with Crippen LogP contribution in [0.4, 0.5) is 0 Å². The summed E-state index contributed by atoms with van der Waals surface area (Å²) in [5, 5.41) is 22.2. The van der Waals surface area contributed by atoms with E-state index in [0.717, 1.165) is 66.4 Å². The Hall–Kier alpha value is -3.53. The molecule has 34 heavy (non-hydrogen) atoms. The average molecular weight is 462 g/mol. The molecule has 1 saturated heterocycles. The molecule has 1 aliphatic rings. The molecule has 1 aromatic carbocycles. The minimum Gasteiger partial charge on any atom is -0.366 e.